The Labute approximate surface area is 98.7 Å². The maximum Gasteiger partial charge on any atom is 0.0593 e. The molecule has 0 saturated heterocycles. The second-order valence-electron chi connectivity index (χ2n) is 3.83. The molecule has 0 heterocycles. The Morgan fingerprint density at radius 1 is 1.20 bits per heavy atom. The zero-order valence-corrected chi connectivity index (χ0v) is 10.9. The van der Waals surface area contributed by atoms with Crippen LogP contribution >= 0.6 is 11.6 Å². The first-order chi connectivity index (χ1) is 7.16. The summed E-state index contributed by atoms with van der Waals surface area (Å²) in [6.45, 7) is 6.38. The monoisotopic (exact) mass is 237 g/mol. The van der Waals surface area contributed by atoms with Crippen molar-refractivity contribution >= 4 is 11.6 Å². The fourth-order valence-corrected chi connectivity index (χ4v) is 1.24. The first-order valence-corrected chi connectivity index (χ1v) is 5.99. The lowest BCUT2D eigenvalue weighted by Gasteiger charge is -2.17. The van der Waals surface area contributed by atoms with Gasteiger partial charge in [0.2, 0.25) is 0 Å². The van der Waals surface area contributed by atoms with Gasteiger partial charge in [-0.3, -0.25) is 0 Å². The van der Waals surface area contributed by atoms with Gasteiger partial charge in [0, 0.05) is 32.2 Å². The predicted molar refractivity (Wildman–Crippen MR) is 64.7 cm³/mol. The average Bonchev–Trinajstić information content (AvgIpc) is 2.20. The van der Waals surface area contributed by atoms with Crippen LogP contribution in [0.4, 0.5) is 0 Å². The van der Waals surface area contributed by atoms with Gasteiger partial charge in [-0.1, -0.05) is 0 Å². The Morgan fingerprint density at radius 3 is 2.53 bits per heavy atom. The number of methoxy groups -OCH3 is 1. The van der Waals surface area contributed by atoms with E-state index < -0.39 is 0 Å². The molecule has 1 atom stereocenters. The highest BCUT2D eigenvalue weighted by atomic mass is 35.5. The number of hydrogen-bond donors (Lipinski definition) is 0. The summed E-state index contributed by atoms with van der Waals surface area (Å²) in [5.74, 6) is 0. The van der Waals surface area contributed by atoms with Crippen LogP contribution in [0.15, 0.2) is 0 Å². The minimum Gasteiger partial charge on any atom is -0.385 e. The molecule has 0 aliphatic carbocycles. The van der Waals surface area contributed by atoms with Crippen molar-refractivity contribution in [3.8, 4) is 0 Å². The Morgan fingerprint density at radius 2 is 1.93 bits per heavy atom. The van der Waals surface area contributed by atoms with Gasteiger partial charge in [0.1, 0.15) is 0 Å². The van der Waals surface area contributed by atoms with Gasteiger partial charge in [-0.05, 0) is 33.4 Å². The largest absolute Gasteiger partial charge is 0.385 e. The fourth-order valence-electron chi connectivity index (χ4n) is 1.14. The third-order valence-corrected chi connectivity index (χ3v) is 2.38. The van der Waals surface area contributed by atoms with Crippen LogP contribution in [0.25, 0.3) is 0 Å². The van der Waals surface area contributed by atoms with Crippen LogP contribution < -0.4 is 0 Å². The minimum absolute atomic E-state index is 0.259. The van der Waals surface area contributed by atoms with Gasteiger partial charge >= 0.3 is 0 Å². The molecule has 0 aliphatic heterocycles. The summed E-state index contributed by atoms with van der Waals surface area (Å²) in [7, 11) is 3.80. The summed E-state index contributed by atoms with van der Waals surface area (Å²) >= 11 is 5.87. The van der Waals surface area contributed by atoms with Crippen molar-refractivity contribution in [1.82, 2.24) is 4.90 Å². The van der Waals surface area contributed by atoms with Crippen molar-refractivity contribution in [3.63, 3.8) is 0 Å². The Kier molecular flexibility index (Phi) is 10.8. The first-order valence-electron chi connectivity index (χ1n) is 5.56. The van der Waals surface area contributed by atoms with Gasteiger partial charge in [0.25, 0.3) is 0 Å². The first kappa shape index (κ1) is 15.2. The molecule has 0 bridgehead atoms. The van der Waals surface area contributed by atoms with Gasteiger partial charge < -0.3 is 14.4 Å². The second kappa shape index (κ2) is 10.7. The van der Waals surface area contributed by atoms with Crippen LogP contribution in [0.2, 0.25) is 0 Å². The summed E-state index contributed by atoms with van der Waals surface area (Å²) in [4.78, 5) is 2.25. The van der Waals surface area contributed by atoms with E-state index in [0.717, 1.165) is 45.8 Å². The molecule has 15 heavy (non-hydrogen) atoms. The van der Waals surface area contributed by atoms with Crippen molar-refractivity contribution in [3.05, 3.63) is 0 Å². The lowest BCUT2D eigenvalue weighted by Crippen LogP contribution is -2.25. The maximum absolute atomic E-state index is 5.87. The van der Waals surface area contributed by atoms with Gasteiger partial charge in [0.15, 0.2) is 0 Å². The van der Waals surface area contributed by atoms with Crippen LogP contribution in [0.5, 0.6) is 0 Å². The van der Waals surface area contributed by atoms with E-state index in [1.54, 1.807) is 7.11 Å². The number of halogens is 1. The van der Waals surface area contributed by atoms with E-state index in [0.29, 0.717) is 0 Å². The van der Waals surface area contributed by atoms with Crippen LogP contribution in [0, 0.1) is 0 Å². The number of ether oxygens (including phenoxy) is 2. The van der Waals surface area contributed by atoms with Crippen LogP contribution in [-0.2, 0) is 9.47 Å². The summed E-state index contributed by atoms with van der Waals surface area (Å²) < 4.78 is 10.4. The highest BCUT2D eigenvalue weighted by Crippen LogP contribution is 2.00. The lowest BCUT2D eigenvalue weighted by molar-refractivity contribution is 0.0886. The molecule has 0 aromatic heterocycles. The van der Waals surface area contributed by atoms with E-state index in [9.17, 15) is 0 Å². The van der Waals surface area contributed by atoms with Gasteiger partial charge in [-0.25, -0.2) is 0 Å². The Bertz CT molecular complexity index is 134. The SMILES string of the molecule is COCCCOCCN(C)CCC(C)Cl. The van der Waals surface area contributed by atoms with Crippen molar-refractivity contribution < 1.29 is 9.47 Å². The summed E-state index contributed by atoms with van der Waals surface area (Å²) in [5.41, 5.74) is 0. The summed E-state index contributed by atoms with van der Waals surface area (Å²) in [6.07, 6.45) is 2.00. The normalized spacial score (nSPS) is 13.4. The second-order valence-corrected chi connectivity index (χ2v) is 4.58. The highest BCUT2D eigenvalue weighted by molar-refractivity contribution is 6.20. The molecule has 0 aromatic rings. The number of rotatable bonds is 10. The standard InChI is InChI=1S/C11H24ClNO2/c1-11(12)5-6-13(2)7-10-15-9-4-8-14-3/h11H,4-10H2,1-3H3. The van der Waals surface area contributed by atoms with Crippen molar-refractivity contribution in [2.75, 3.05) is 47.1 Å². The molecule has 0 aromatic carbocycles. The summed E-state index contributed by atoms with van der Waals surface area (Å²) in [5, 5.41) is 0.259. The van der Waals surface area contributed by atoms with Gasteiger partial charge in [-0.15, -0.1) is 11.6 Å². The zero-order chi connectivity index (χ0) is 11.5. The van der Waals surface area contributed by atoms with E-state index >= 15 is 0 Å². The molecule has 3 nitrogen and oxygen atoms in total. The summed E-state index contributed by atoms with van der Waals surface area (Å²) in [6, 6.07) is 0. The zero-order valence-electron chi connectivity index (χ0n) is 10.2. The van der Waals surface area contributed by atoms with Crippen molar-refractivity contribution in [2.24, 2.45) is 0 Å². The maximum atomic E-state index is 5.87. The molecular formula is C11H24ClNO2. The average molecular weight is 238 g/mol. The van der Waals surface area contributed by atoms with Crippen molar-refractivity contribution in [2.45, 2.75) is 25.1 Å². The third kappa shape index (κ3) is 12.1. The molecule has 1 unspecified atom stereocenters. The molecular weight excluding hydrogens is 214 g/mol. The van der Waals surface area contributed by atoms with E-state index in [-0.39, 0.29) is 5.38 Å². The van der Waals surface area contributed by atoms with E-state index in [1.165, 1.54) is 0 Å². The molecule has 0 N–H and O–H groups in total. The Balaban J connectivity index is 3.13. The smallest absolute Gasteiger partial charge is 0.0593 e. The number of alkyl halides is 1. The number of hydrogen-bond acceptors (Lipinski definition) is 3. The number of likely N-dealkylation sites (N-methyl/N-ethyl adjacent to an activating group) is 1. The molecule has 0 radical (unpaired) electrons. The predicted octanol–water partition coefficient (Wildman–Crippen LogP) is 1.99. The molecule has 4 heteroatoms. The van der Waals surface area contributed by atoms with Crippen LogP contribution in [0.3, 0.4) is 0 Å². The molecule has 0 fully saturated rings. The minimum atomic E-state index is 0.259. The Hall–Kier alpha value is 0.170. The fraction of sp³-hybridized carbons (Fsp3) is 1.00. The lowest BCUT2D eigenvalue weighted by atomic mass is 10.3. The van der Waals surface area contributed by atoms with Crippen LogP contribution in [-0.4, -0.2) is 57.3 Å². The van der Waals surface area contributed by atoms with E-state index in [1.807, 2.05) is 6.92 Å². The van der Waals surface area contributed by atoms with Gasteiger partial charge in [0.05, 0.1) is 6.61 Å². The van der Waals surface area contributed by atoms with E-state index in [2.05, 4.69) is 11.9 Å². The molecule has 0 amide bonds. The van der Waals surface area contributed by atoms with Gasteiger partial charge in [-0.2, -0.15) is 0 Å². The molecule has 0 rings (SSSR count). The van der Waals surface area contributed by atoms with Crippen LogP contribution in [0.1, 0.15) is 19.8 Å². The third-order valence-electron chi connectivity index (χ3n) is 2.16. The van der Waals surface area contributed by atoms with E-state index in [4.69, 9.17) is 21.1 Å². The quantitative estimate of drug-likeness (QED) is 0.429. The number of nitrogens with zero attached hydrogens (tertiary/aromatic N) is 1. The molecule has 0 aliphatic rings. The van der Waals surface area contributed by atoms with Crippen molar-refractivity contribution in [1.29, 1.82) is 0 Å². The molecule has 0 spiro atoms. The molecule has 0 saturated carbocycles. The molecule has 92 valence electrons. The highest BCUT2D eigenvalue weighted by Gasteiger charge is 2.01. The topological polar surface area (TPSA) is 21.7 Å².